The second-order valence-electron chi connectivity index (χ2n) is 7.19. The third-order valence-corrected chi connectivity index (χ3v) is 6.35. The zero-order chi connectivity index (χ0) is 21.4. The minimum Gasteiger partial charge on any atom is -0.354 e. The molecule has 0 radical (unpaired) electrons. The molecule has 1 unspecified atom stereocenters. The van der Waals surface area contributed by atoms with Gasteiger partial charge in [-0.15, -0.1) is 24.0 Å². The summed E-state index contributed by atoms with van der Waals surface area (Å²) in [6.45, 7) is 5.85. The molecule has 0 bridgehead atoms. The molecule has 0 amide bonds. The number of halogens is 1. The lowest BCUT2D eigenvalue weighted by atomic mass is 10.1. The Labute approximate surface area is 192 Å². The van der Waals surface area contributed by atoms with Gasteiger partial charge in [-0.25, -0.2) is 21.6 Å². The Morgan fingerprint density at radius 3 is 2.17 bits per heavy atom. The molecular formula is C18H33IN4O4S2. The largest absolute Gasteiger partial charge is 0.354 e. The lowest BCUT2D eigenvalue weighted by molar-refractivity contribution is 0.568. The number of sulfonamides is 1. The maximum absolute atomic E-state index is 12.2. The number of hydrogen-bond donors (Lipinski definition) is 3. The molecule has 0 aliphatic rings. The van der Waals surface area contributed by atoms with E-state index in [-0.39, 0.29) is 47.6 Å². The van der Waals surface area contributed by atoms with Gasteiger partial charge in [-0.3, -0.25) is 4.99 Å². The fourth-order valence-corrected chi connectivity index (χ4v) is 4.82. The zero-order valence-corrected chi connectivity index (χ0v) is 21.6. The maximum atomic E-state index is 12.2. The predicted octanol–water partition coefficient (Wildman–Crippen LogP) is 1.62. The van der Waals surface area contributed by atoms with Crippen LogP contribution in [0.5, 0.6) is 0 Å². The van der Waals surface area contributed by atoms with E-state index in [1.807, 2.05) is 25.1 Å². The first-order chi connectivity index (χ1) is 12.9. The van der Waals surface area contributed by atoms with Gasteiger partial charge in [0.1, 0.15) is 9.84 Å². The summed E-state index contributed by atoms with van der Waals surface area (Å²) in [6, 6.07) is 7.09. The lowest BCUT2D eigenvalue weighted by Crippen LogP contribution is -2.42. The van der Waals surface area contributed by atoms with Crippen LogP contribution in [0.4, 0.5) is 0 Å². The minimum absolute atomic E-state index is 0. The fourth-order valence-electron chi connectivity index (χ4n) is 2.55. The highest BCUT2D eigenvalue weighted by Crippen LogP contribution is 2.12. The monoisotopic (exact) mass is 560 g/mol. The standard InChI is InChI=1S/C18H32N4O4S2.HI/c1-14(2)22-28(25,26)13-17-9-7-6-8-16(17)12-20-18(19-4)21-15(3)10-11-27(5,23)24;/h6-9,14-15,22H,10-13H2,1-5H3,(H2,19,20,21);1H. The zero-order valence-electron chi connectivity index (χ0n) is 17.6. The van der Waals surface area contributed by atoms with Crippen LogP contribution < -0.4 is 15.4 Å². The molecule has 1 aromatic carbocycles. The highest BCUT2D eigenvalue weighted by molar-refractivity contribution is 14.0. The van der Waals surface area contributed by atoms with Crippen molar-refractivity contribution < 1.29 is 16.8 Å². The summed E-state index contributed by atoms with van der Waals surface area (Å²) in [4.78, 5) is 4.15. The summed E-state index contributed by atoms with van der Waals surface area (Å²) in [5, 5.41) is 6.30. The number of aliphatic imine (C=N–C) groups is 1. The van der Waals surface area contributed by atoms with Gasteiger partial charge < -0.3 is 10.6 Å². The van der Waals surface area contributed by atoms with E-state index in [9.17, 15) is 16.8 Å². The van der Waals surface area contributed by atoms with Crippen molar-refractivity contribution in [1.82, 2.24) is 15.4 Å². The SMILES string of the molecule is CN=C(NCc1ccccc1CS(=O)(=O)NC(C)C)NC(C)CCS(C)(=O)=O.I. The Kier molecular flexibility index (Phi) is 12.3. The smallest absolute Gasteiger partial charge is 0.216 e. The van der Waals surface area contributed by atoms with E-state index in [4.69, 9.17) is 0 Å². The summed E-state index contributed by atoms with van der Waals surface area (Å²) >= 11 is 0. The van der Waals surface area contributed by atoms with Crippen LogP contribution in [0.25, 0.3) is 0 Å². The van der Waals surface area contributed by atoms with E-state index in [0.29, 0.717) is 24.5 Å². The van der Waals surface area contributed by atoms with Gasteiger partial charge >= 0.3 is 0 Å². The molecule has 0 aromatic heterocycles. The van der Waals surface area contributed by atoms with Crippen molar-refractivity contribution in [3.8, 4) is 0 Å². The summed E-state index contributed by atoms with van der Waals surface area (Å²) in [7, 11) is -4.81. The van der Waals surface area contributed by atoms with Crippen LogP contribution >= 0.6 is 24.0 Å². The second kappa shape index (κ2) is 12.7. The van der Waals surface area contributed by atoms with Crippen LogP contribution in [0.2, 0.25) is 0 Å². The lowest BCUT2D eigenvalue weighted by Gasteiger charge is -2.18. The third kappa shape index (κ3) is 12.4. The molecule has 0 spiro atoms. The van der Waals surface area contributed by atoms with E-state index < -0.39 is 19.9 Å². The molecule has 29 heavy (non-hydrogen) atoms. The van der Waals surface area contributed by atoms with Gasteiger partial charge in [-0.1, -0.05) is 24.3 Å². The molecule has 1 aromatic rings. The Balaban J connectivity index is 0.00000784. The topological polar surface area (TPSA) is 117 Å². The van der Waals surface area contributed by atoms with Crippen LogP contribution in [-0.2, 0) is 32.2 Å². The van der Waals surface area contributed by atoms with Gasteiger partial charge in [0, 0.05) is 31.9 Å². The van der Waals surface area contributed by atoms with E-state index in [1.165, 1.54) is 6.26 Å². The first-order valence-electron chi connectivity index (χ1n) is 9.13. The third-order valence-electron chi connectivity index (χ3n) is 3.85. The quantitative estimate of drug-likeness (QED) is 0.228. The van der Waals surface area contributed by atoms with Gasteiger partial charge in [0.05, 0.1) is 11.5 Å². The van der Waals surface area contributed by atoms with Gasteiger partial charge in [0.2, 0.25) is 10.0 Å². The molecule has 0 heterocycles. The molecule has 3 N–H and O–H groups in total. The molecule has 0 aliphatic carbocycles. The van der Waals surface area contributed by atoms with Crippen LogP contribution in [0.1, 0.15) is 38.3 Å². The van der Waals surface area contributed by atoms with Gasteiger partial charge in [-0.2, -0.15) is 0 Å². The summed E-state index contributed by atoms with van der Waals surface area (Å²) in [5.74, 6) is 0.528. The van der Waals surface area contributed by atoms with Crippen molar-refractivity contribution in [2.45, 2.75) is 51.6 Å². The number of benzene rings is 1. The van der Waals surface area contributed by atoms with Crippen molar-refractivity contribution in [3.05, 3.63) is 35.4 Å². The van der Waals surface area contributed by atoms with Crippen molar-refractivity contribution in [2.24, 2.45) is 4.99 Å². The maximum Gasteiger partial charge on any atom is 0.216 e. The van der Waals surface area contributed by atoms with Crippen LogP contribution in [0, 0.1) is 0 Å². The second-order valence-corrected chi connectivity index (χ2v) is 11.2. The molecule has 11 heteroatoms. The number of hydrogen-bond acceptors (Lipinski definition) is 5. The molecule has 0 saturated heterocycles. The molecule has 168 valence electrons. The van der Waals surface area contributed by atoms with E-state index >= 15 is 0 Å². The van der Waals surface area contributed by atoms with Gasteiger partial charge in [0.25, 0.3) is 0 Å². The van der Waals surface area contributed by atoms with E-state index in [1.54, 1.807) is 27.0 Å². The Bertz CT molecular complexity index is 872. The highest BCUT2D eigenvalue weighted by Gasteiger charge is 2.16. The summed E-state index contributed by atoms with van der Waals surface area (Å²) in [6.07, 6.45) is 1.68. The number of sulfone groups is 1. The molecule has 0 saturated carbocycles. The molecule has 8 nitrogen and oxygen atoms in total. The van der Waals surface area contributed by atoms with Crippen LogP contribution in [0.15, 0.2) is 29.3 Å². The van der Waals surface area contributed by atoms with Crippen molar-refractivity contribution in [3.63, 3.8) is 0 Å². The van der Waals surface area contributed by atoms with Crippen LogP contribution in [-0.4, -0.2) is 53.9 Å². The van der Waals surface area contributed by atoms with Gasteiger partial charge in [0.15, 0.2) is 5.96 Å². The molecular weight excluding hydrogens is 527 g/mol. The Morgan fingerprint density at radius 1 is 1.07 bits per heavy atom. The Morgan fingerprint density at radius 2 is 1.66 bits per heavy atom. The molecule has 0 aliphatic heterocycles. The summed E-state index contributed by atoms with van der Waals surface area (Å²) in [5.41, 5.74) is 1.56. The Hall–Kier alpha value is -0.920. The average Bonchev–Trinajstić information content (AvgIpc) is 2.55. The fraction of sp³-hybridized carbons (Fsp3) is 0.611. The molecule has 1 rings (SSSR count). The van der Waals surface area contributed by atoms with Crippen molar-refractivity contribution >= 4 is 49.8 Å². The number of nitrogens with zero attached hydrogens (tertiary/aromatic N) is 1. The minimum atomic E-state index is -3.42. The first-order valence-corrected chi connectivity index (χ1v) is 12.8. The van der Waals surface area contributed by atoms with Gasteiger partial charge in [-0.05, 0) is 38.3 Å². The number of nitrogens with one attached hydrogen (secondary N) is 3. The highest BCUT2D eigenvalue weighted by atomic mass is 127. The molecule has 1 atom stereocenters. The van der Waals surface area contributed by atoms with Crippen LogP contribution in [0.3, 0.4) is 0 Å². The normalized spacial score (nSPS) is 13.7. The van der Waals surface area contributed by atoms with E-state index in [0.717, 1.165) is 5.56 Å². The predicted molar refractivity (Wildman–Crippen MR) is 130 cm³/mol. The summed E-state index contributed by atoms with van der Waals surface area (Å²) < 4.78 is 49.7. The number of rotatable bonds is 10. The van der Waals surface area contributed by atoms with E-state index in [2.05, 4.69) is 20.3 Å². The van der Waals surface area contributed by atoms with Crippen molar-refractivity contribution in [1.29, 1.82) is 0 Å². The van der Waals surface area contributed by atoms with Crippen molar-refractivity contribution in [2.75, 3.05) is 19.1 Å². The first kappa shape index (κ1) is 28.1. The average molecular weight is 561 g/mol. The molecule has 0 fully saturated rings. The number of guanidine groups is 1.